The van der Waals surface area contributed by atoms with Gasteiger partial charge in [-0.2, -0.15) is 9.97 Å². The van der Waals surface area contributed by atoms with Gasteiger partial charge in [0.05, 0.1) is 24.5 Å². The van der Waals surface area contributed by atoms with Gasteiger partial charge in [0.15, 0.2) is 17.0 Å². The second-order valence-corrected chi connectivity index (χ2v) is 8.36. The Bertz CT molecular complexity index is 1360. The average Bonchev–Trinajstić information content (AvgIpc) is 2.84. The first-order valence-electron chi connectivity index (χ1n) is 11.3. The highest BCUT2D eigenvalue weighted by atomic mass is 16.6. The molecule has 0 saturated carbocycles. The summed E-state index contributed by atoms with van der Waals surface area (Å²) in [6.07, 6.45) is -0.428. The van der Waals surface area contributed by atoms with Crippen LogP contribution in [-0.2, 0) is 20.9 Å². The van der Waals surface area contributed by atoms with E-state index in [1.54, 1.807) is 13.8 Å². The molecule has 15 nitrogen and oxygen atoms in total. The summed E-state index contributed by atoms with van der Waals surface area (Å²) in [6, 6.07) is 4.33. The molecule has 2 amide bonds. The summed E-state index contributed by atoms with van der Waals surface area (Å²) >= 11 is 0. The molecule has 3 aromatic rings. The van der Waals surface area contributed by atoms with Crippen molar-refractivity contribution in [3.8, 4) is 0 Å². The van der Waals surface area contributed by atoms with Crippen LogP contribution >= 0.6 is 0 Å². The van der Waals surface area contributed by atoms with Crippen molar-refractivity contribution in [1.82, 2.24) is 25.3 Å². The number of rotatable bonds is 10. The molecule has 7 N–H and O–H groups in total. The van der Waals surface area contributed by atoms with Crippen LogP contribution in [0.2, 0.25) is 0 Å². The van der Waals surface area contributed by atoms with E-state index in [1.807, 2.05) is 0 Å². The van der Waals surface area contributed by atoms with Gasteiger partial charge in [0, 0.05) is 17.7 Å². The molecule has 0 unspecified atom stereocenters. The predicted octanol–water partition coefficient (Wildman–Crippen LogP) is 1.18. The first kappa shape index (κ1) is 27.5. The number of nitrogens with two attached hydrogens (primary N) is 2. The third kappa shape index (κ3) is 6.99. The van der Waals surface area contributed by atoms with Crippen LogP contribution < -0.4 is 21.7 Å². The first-order chi connectivity index (χ1) is 17.9. The lowest BCUT2D eigenvalue weighted by Gasteiger charge is -2.23. The maximum absolute atomic E-state index is 12.9. The fourth-order valence-corrected chi connectivity index (χ4v) is 3.31. The molecule has 0 fully saturated rings. The number of carbonyl (C=O) groups is 4. The zero-order chi connectivity index (χ0) is 28.0. The van der Waals surface area contributed by atoms with Gasteiger partial charge in [0.1, 0.15) is 6.04 Å². The van der Waals surface area contributed by atoms with Crippen LogP contribution in [0.3, 0.4) is 0 Å². The van der Waals surface area contributed by atoms with Gasteiger partial charge in [-0.3, -0.25) is 14.5 Å². The summed E-state index contributed by atoms with van der Waals surface area (Å²) in [5.74, 6) is -3.29. The molecule has 200 valence electrons. The lowest BCUT2D eigenvalue weighted by molar-refractivity contribution is -0.140. The van der Waals surface area contributed by atoms with Crippen LogP contribution in [0.25, 0.3) is 11.2 Å². The number of anilines is 3. The SMILES string of the molecule is CC(C)OC(=O)N(Cc1cnc2nc(N)nc(N)c2n1)c1ccc(C(=O)N[C@@H](CCC(=O)O)C(=O)O)cc1. The Labute approximate surface area is 215 Å². The second kappa shape index (κ2) is 11.8. The molecule has 0 spiro atoms. The molecule has 1 atom stereocenters. The van der Waals surface area contributed by atoms with Gasteiger partial charge in [0.25, 0.3) is 5.91 Å². The molecule has 0 saturated heterocycles. The Kier molecular flexibility index (Phi) is 8.52. The van der Waals surface area contributed by atoms with Crippen molar-refractivity contribution >= 4 is 52.6 Å². The molecule has 0 radical (unpaired) electrons. The van der Waals surface area contributed by atoms with Crippen LogP contribution in [0.1, 0.15) is 42.7 Å². The summed E-state index contributed by atoms with van der Waals surface area (Å²) in [6.45, 7) is 3.29. The van der Waals surface area contributed by atoms with E-state index in [9.17, 15) is 24.3 Å². The molecule has 2 aromatic heterocycles. The van der Waals surface area contributed by atoms with Gasteiger partial charge in [-0.1, -0.05) is 0 Å². The minimum absolute atomic E-state index is 0.0246. The third-order valence-electron chi connectivity index (χ3n) is 5.07. The number of ether oxygens (including phenoxy) is 1. The molecule has 38 heavy (non-hydrogen) atoms. The Morgan fingerprint density at radius 3 is 2.34 bits per heavy atom. The summed E-state index contributed by atoms with van der Waals surface area (Å²) in [4.78, 5) is 65.3. The molecule has 0 aliphatic rings. The lowest BCUT2D eigenvalue weighted by atomic mass is 10.1. The zero-order valence-electron chi connectivity index (χ0n) is 20.5. The highest BCUT2D eigenvalue weighted by molar-refractivity contribution is 5.97. The Hall–Kier alpha value is -5.08. The van der Waals surface area contributed by atoms with Crippen molar-refractivity contribution in [3.05, 3.63) is 41.7 Å². The van der Waals surface area contributed by atoms with Crippen molar-refractivity contribution in [2.75, 3.05) is 16.4 Å². The summed E-state index contributed by atoms with van der Waals surface area (Å²) in [5, 5.41) is 20.3. The fraction of sp³-hybridized carbons (Fsp3) is 0.304. The second-order valence-electron chi connectivity index (χ2n) is 8.36. The number of nitrogens with zero attached hydrogens (tertiary/aromatic N) is 5. The molecule has 1 aromatic carbocycles. The number of nitrogen functional groups attached to an aromatic ring is 2. The third-order valence-corrected chi connectivity index (χ3v) is 5.07. The van der Waals surface area contributed by atoms with E-state index < -0.39 is 42.5 Å². The van der Waals surface area contributed by atoms with E-state index in [0.29, 0.717) is 11.4 Å². The summed E-state index contributed by atoms with van der Waals surface area (Å²) < 4.78 is 5.35. The number of benzene rings is 1. The van der Waals surface area contributed by atoms with Crippen LogP contribution in [0.15, 0.2) is 30.5 Å². The number of aliphatic carboxylic acids is 2. The Morgan fingerprint density at radius 1 is 1.05 bits per heavy atom. The lowest BCUT2D eigenvalue weighted by Crippen LogP contribution is -2.41. The van der Waals surface area contributed by atoms with E-state index in [-0.39, 0.29) is 41.5 Å². The number of hydrogen-bond donors (Lipinski definition) is 5. The first-order valence-corrected chi connectivity index (χ1v) is 11.3. The average molecular weight is 527 g/mol. The van der Waals surface area contributed by atoms with Gasteiger partial charge in [-0.25, -0.2) is 19.6 Å². The molecule has 3 rings (SSSR count). The van der Waals surface area contributed by atoms with E-state index in [0.717, 1.165) is 0 Å². The quantitative estimate of drug-likeness (QED) is 0.250. The Morgan fingerprint density at radius 2 is 1.74 bits per heavy atom. The molecular weight excluding hydrogens is 500 g/mol. The predicted molar refractivity (Wildman–Crippen MR) is 134 cm³/mol. The molecular formula is C23H26N8O7. The molecule has 0 bridgehead atoms. The van der Waals surface area contributed by atoms with Crippen molar-refractivity contribution in [2.24, 2.45) is 0 Å². The molecule has 15 heteroatoms. The number of nitrogens with one attached hydrogen (secondary N) is 1. The van der Waals surface area contributed by atoms with Crippen LogP contribution in [0.5, 0.6) is 0 Å². The largest absolute Gasteiger partial charge is 0.481 e. The minimum Gasteiger partial charge on any atom is -0.481 e. The maximum Gasteiger partial charge on any atom is 0.414 e. The summed E-state index contributed by atoms with van der Waals surface area (Å²) in [5.41, 5.74) is 12.6. The number of hydrogen-bond acceptors (Lipinski definition) is 11. The monoisotopic (exact) mass is 526 g/mol. The van der Waals surface area contributed by atoms with E-state index >= 15 is 0 Å². The van der Waals surface area contributed by atoms with Gasteiger partial charge < -0.3 is 31.7 Å². The molecule has 0 aliphatic carbocycles. The van der Waals surface area contributed by atoms with Gasteiger partial charge in [0.2, 0.25) is 5.95 Å². The highest BCUT2D eigenvalue weighted by Crippen LogP contribution is 2.21. The van der Waals surface area contributed by atoms with E-state index in [4.69, 9.17) is 21.3 Å². The maximum atomic E-state index is 12.9. The number of amides is 2. The van der Waals surface area contributed by atoms with Gasteiger partial charge in [-0.05, 0) is 44.5 Å². The van der Waals surface area contributed by atoms with E-state index in [2.05, 4.69) is 25.3 Å². The number of aromatic nitrogens is 4. The van der Waals surface area contributed by atoms with E-state index in [1.165, 1.54) is 35.4 Å². The topological polar surface area (TPSA) is 237 Å². The van der Waals surface area contributed by atoms with Crippen LogP contribution in [0, 0.1) is 0 Å². The highest BCUT2D eigenvalue weighted by Gasteiger charge is 2.23. The van der Waals surface area contributed by atoms with Crippen molar-refractivity contribution in [2.45, 2.75) is 45.4 Å². The smallest absolute Gasteiger partial charge is 0.414 e. The molecule has 2 heterocycles. The van der Waals surface area contributed by atoms with Crippen molar-refractivity contribution < 1.29 is 34.1 Å². The van der Waals surface area contributed by atoms with Crippen LogP contribution in [-0.4, -0.2) is 66.2 Å². The Balaban J connectivity index is 1.84. The summed E-state index contributed by atoms with van der Waals surface area (Å²) in [7, 11) is 0. The molecule has 0 aliphatic heterocycles. The fourth-order valence-electron chi connectivity index (χ4n) is 3.31. The number of carboxylic acid groups (broad SMARTS) is 2. The minimum atomic E-state index is -1.38. The number of carbonyl (C=O) groups excluding carboxylic acids is 2. The standard InChI is InChI=1S/C23H26N8O7/c1-11(2)38-23(37)31(10-13-9-26-19-17(27-13)18(24)29-22(25)30-19)14-5-3-12(4-6-14)20(34)28-15(21(35)36)7-8-16(32)33/h3-6,9,11,15H,7-8,10H2,1-2H3,(H,28,34)(H,32,33)(H,35,36)(H4,24,25,26,29,30)/t15-/m0/s1. The van der Waals surface area contributed by atoms with Crippen LogP contribution in [0.4, 0.5) is 22.2 Å². The van der Waals surface area contributed by atoms with Gasteiger partial charge in [-0.15, -0.1) is 0 Å². The zero-order valence-corrected chi connectivity index (χ0v) is 20.5. The van der Waals surface area contributed by atoms with Crippen molar-refractivity contribution in [3.63, 3.8) is 0 Å². The number of carboxylic acids is 2. The van der Waals surface area contributed by atoms with Crippen molar-refractivity contribution in [1.29, 1.82) is 0 Å². The van der Waals surface area contributed by atoms with Gasteiger partial charge >= 0.3 is 18.0 Å². The normalized spacial score (nSPS) is 11.7. The number of fused-ring (bicyclic) bond motifs is 1.